The second kappa shape index (κ2) is 4.81. The largest absolute Gasteiger partial charge is 0.238 e. The van der Waals surface area contributed by atoms with Crippen LogP contribution in [-0.2, 0) is 5.33 Å². The number of hydrogen-bond donors (Lipinski definition) is 0. The fourth-order valence-electron chi connectivity index (χ4n) is 1.39. The monoisotopic (exact) mass is 339 g/mol. The Hall–Kier alpha value is -1.12. The molecule has 1 aromatic heterocycles. The Morgan fingerprint density at radius 3 is 2.81 bits per heavy atom. The molecule has 0 spiro atoms. The second-order valence-corrected chi connectivity index (χ2v) is 4.68. The van der Waals surface area contributed by atoms with Gasteiger partial charge in [0, 0.05) is 11.5 Å². The van der Waals surface area contributed by atoms with E-state index in [-0.39, 0.29) is 0 Å². The summed E-state index contributed by atoms with van der Waals surface area (Å²) in [6.45, 7) is 0. The second-order valence-electron chi connectivity index (χ2n) is 3.20. The van der Waals surface area contributed by atoms with Crippen LogP contribution in [0.3, 0.4) is 0 Å². The first-order chi connectivity index (χ1) is 7.74. The lowest BCUT2D eigenvalue weighted by molar-refractivity contribution is 0.876. The highest BCUT2D eigenvalue weighted by molar-refractivity contribution is 9.10. The molecule has 0 saturated carbocycles. The predicted octanol–water partition coefficient (Wildman–Crippen LogP) is 3.40. The fourth-order valence-corrected chi connectivity index (χ4v) is 2.02. The lowest BCUT2D eigenvalue weighted by Gasteiger charge is -2.05. The van der Waals surface area contributed by atoms with Crippen LogP contribution in [0.4, 0.5) is 0 Å². The lowest BCUT2D eigenvalue weighted by Crippen LogP contribution is -1.98. The summed E-state index contributed by atoms with van der Waals surface area (Å²) < 4.78 is 2.57. The average Bonchev–Trinajstić information content (AvgIpc) is 2.74. The predicted molar refractivity (Wildman–Crippen MR) is 68.6 cm³/mol. The van der Waals surface area contributed by atoms with Crippen molar-refractivity contribution in [2.24, 2.45) is 0 Å². The third-order valence-electron chi connectivity index (χ3n) is 2.13. The Balaban J connectivity index is 2.53. The summed E-state index contributed by atoms with van der Waals surface area (Å²) in [5, 5.41) is 14.0. The van der Waals surface area contributed by atoms with E-state index in [0.29, 0.717) is 5.56 Å². The molecule has 80 valence electrons. The summed E-state index contributed by atoms with van der Waals surface area (Å²) >= 11 is 6.70. The maximum atomic E-state index is 9.09. The highest BCUT2D eigenvalue weighted by Crippen LogP contribution is 2.18. The first-order valence-electron chi connectivity index (χ1n) is 4.54. The SMILES string of the molecule is N#Cc1cc(CBr)ccc1-n1cc(Br)cn1. The van der Waals surface area contributed by atoms with Crippen LogP contribution < -0.4 is 0 Å². The van der Waals surface area contributed by atoms with Gasteiger partial charge in [-0.05, 0) is 33.6 Å². The van der Waals surface area contributed by atoms with Crippen molar-refractivity contribution < 1.29 is 0 Å². The molecule has 0 fully saturated rings. The van der Waals surface area contributed by atoms with E-state index in [1.807, 2.05) is 24.4 Å². The van der Waals surface area contributed by atoms with Gasteiger partial charge in [-0.25, -0.2) is 4.68 Å². The first kappa shape index (κ1) is 11.4. The Kier molecular flexibility index (Phi) is 3.42. The van der Waals surface area contributed by atoms with Gasteiger partial charge in [0.15, 0.2) is 0 Å². The summed E-state index contributed by atoms with van der Waals surface area (Å²) in [6, 6.07) is 7.91. The third-order valence-corrected chi connectivity index (χ3v) is 3.19. The van der Waals surface area contributed by atoms with E-state index in [2.05, 4.69) is 43.0 Å². The molecular weight excluding hydrogens is 334 g/mol. The molecule has 2 aromatic rings. The summed E-state index contributed by atoms with van der Waals surface area (Å²) in [5.41, 5.74) is 2.48. The lowest BCUT2D eigenvalue weighted by atomic mass is 10.1. The number of aromatic nitrogens is 2. The summed E-state index contributed by atoms with van der Waals surface area (Å²) in [4.78, 5) is 0. The molecule has 16 heavy (non-hydrogen) atoms. The molecule has 0 aliphatic rings. The van der Waals surface area contributed by atoms with Gasteiger partial charge in [0.05, 0.1) is 21.9 Å². The molecule has 0 amide bonds. The van der Waals surface area contributed by atoms with E-state index < -0.39 is 0 Å². The van der Waals surface area contributed by atoms with Crippen molar-refractivity contribution in [3.05, 3.63) is 46.2 Å². The molecule has 0 radical (unpaired) electrons. The molecular formula is C11H7Br2N3. The normalized spacial score (nSPS) is 10.1. The molecule has 0 aliphatic carbocycles. The quantitative estimate of drug-likeness (QED) is 0.786. The van der Waals surface area contributed by atoms with E-state index in [1.165, 1.54) is 0 Å². The molecule has 5 heteroatoms. The van der Waals surface area contributed by atoms with E-state index in [4.69, 9.17) is 5.26 Å². The summed E-state index contributed by atoms with van der Waals surface area (Å²) in [7, 11) is 0. The minimum absolute atomic E-state index is 0.618. The van der Waals surface area contributed by atoms with Gasteiger partial charge >= 0.3 is 0 Å². The molecule has 1 heterocycles. The molecule has 1 aromatic carbocycles. The van der Waals surface area contributed by atoms with Crippen LogP contribution in [0, 0.1) is 11.3 Å². The number of benzene rings is 1. The highest BCUT2D eigenvalue weighted by atomic mass is 79.9. The van der Waals surface area contributed by atoms with Gasteiger partial charge in [0.25, 0.3) is 0 Å². The molecule has 0 bridgehead atoms. The van der Waals surface area contributed by atoms with Crippen LogP contribution in [0.25, 0.3) is 5.69 Å². The zero-order valence-corrected chi connectivity index (χ0v) is 11.4. The smallest absolute Gasteiger partial charge is 0.101 e. The Morgan fingerprint density at radius 2 is 2.25 bits per heavy atom. The van der Waals surface area contributed by atoms with Crippen molar-refractivity contribution in [2.75, 3.05) is 0 Å². The Bertz CT molecular complexity index is 555. The van der Waals surface area contributed by atoms with Crippen LogP contribution in [0.15, 0.2) is 35.1 Å². The minimum atomic E-state index is 0.618. The zero-order chi connectivity index (χ0) is 11.5. The average molecular weight is 341 g/mol. The van der Waals surface area contributed by atoms with Crippen molar-refractivity contribution in [1.29, 1.82) is 5.26 Å². The molecule has 2 rings (SSSR count). The molecule has 0 aliphatic heterocycles. The molecule has 0 unspecified atom stereocenters. The maximum Gasteiger partial charge on any atom is 0.101 e. The topological polar surface area (TPSA) is 41.6 Å². The number of halogens is 2. The summed E-state index contributed by atoms with van der Waals surface area (Å²) in [5.74, 6) is 0. The number of alkyl halides is 1. The zero-order valence-electron chi connectivity index (χ0n) is 8.19. The molecule has 0 saturated heterocycles. The summed E-state index contributed by atoms with van der Waals surface area (Å²) in [6.07, 6.45) is 3.52. The first-order valence-corrected chi connectivity index (χ1v) is 6.45. The van der Waals surface area contributed by atoms with Gasteiger partial charge < -0.3 is 0 Å². The van der Waals surface area contributed by atoms with Crippen molar-refractivity contribution in [3.63, 3.8) is 0 Å². The van der Waals surface area contributed by atoms with Gasteiger partial charge in [0.2, 0.25) is 0 Å². The van der Waals surface area contributed by atoms with Crippen molar-refractivity contribution in [2.45, 2.75) is 5.33 Å². The van der Waals surface area contributed by atoms with Crippen LogP contribution in [-0.4, -0.2) is 9.78 Å². The van der Waals surface area contributed by atoms with Gasteiger partial charge in [-0.2, -0.15) is 10.4 Å². The minimum Gasteiger partial charge on any atom is -0.238 e. The van der Waals surface area contributed by atoms with Crippen molar-refractivity contribution in [1.82, 2.24) is 9.78 Å². The van der Waals surface area contributed by atoms with Crippen molar-refractivity contribution in [3.8, 4) is 11.8 Å². The number of nitrogens with zero attached hydrogens (tertiary/aromatic N) is 3. The van der Waals surface area contributed by atoms with E-state index in [9.17, 15) is 0 Å². The van der Waals surface area contributed by atoms with E-state index in [0.717, 1.165) is 21.1 Å². The highest BCUT2D eigenvalue weighted by Gasteiger charge is 2.06. The van der Waals surface area contributed by atoms with Crippen LogP contribution in [0.5, 0.6) is 0 Å². The maximum absolute atomic E-state index is 9.09. The number of rotatable bonds is 2. The standard InChI is InChI=1S/C11H7Br2N3/c12-4-8-1-2-11(9(3-8)5-14)16-7-10(13)6-15-16/h1-3,6-7H,4H2. The van der Waals surface area contributed by atoms with Gasteiger partial charge in [-0.1, -0.05) is 22.0 Å². The Morgan fingerprint density at radius 1 is 1.44 bits per heavy atom. The number of hydrogen-bond acceptors (Lipinski definition) is 2. The van der Waals surface area contributed by atoms with Gasteiger partial charge in [-0.3, -0.25) is 0 Å². The fraction of sp³-hybridized carbons (Fsp3) is 0.0909. The molecule has 3 nitrogen and oxygen atoms in total. The van der Waals surface area contributed by atoms with Crippen LogP contribution in [0.2, 0.25) is 0 Å². The number of nitriles is 1. The molecule has 0 N–H and O–H groups in total. The van der Waals surface area contributed by atoms with Gasteiger partial charge in [0.1, 0.15) is 6.07 Å². The van der Waals surface area contributed by atoms with E-state index >= 15 is 0 Å². The van der Waals surface area contributed by atoms with Crippen LogP contribution in [0.1, 0.15) is 11.1 Å². The molecule has 0 atom stereocenters. The van der Waals surface area contributed by atoms with Crippen LogP contribution >= 0.6 is 31.9 Å². The Labute approximate surface area is 110 Å². The van der Waals surface area contributed by atoms with Crippen molar-refractivity contribution >= 4 is 31.9 Å². The third kappa shape index (κ3) is 2.18. The van der Waals surface area contributed by atoms with Gasteiger partial charge in [-0.15, -0.1) is 0 Å². The van der Waals surface area contributed by atoms with E-state index in [1.54, 1.807) is 10.9 Å².